The number of hydrogen-bond acceptors (Lipinski definition) is 2. The van der Waals surface area contributed by atoms with E-state index < -0.39 is 5.60 Å². The Kier molecular flexibility index (Phi) is 2.19. The van der Waals surface area contributed by atoms with Crippen LogP contribution < -0.4 is 0 Å². The maximum Gasteiger partial charge on any atom is 0.0959 e. The topological polar surface area (TPSA) is 23.5 Å². The third-order valence-electron chi connectivity index (χ3n) is 5.78. The summed E-state index contributed by atoms with van der Waals surface area (Å²) in [6.07, 6.45) is 2.43. The highest BCUT2D eigenvalue weighted by molar-refractivity contribution is 5.30. The zero-order chi connectivity index (χ0) is 12.3. The van der Waals surface area contributed by atoms with Crippen LogP contribution in [0.2, 0.25) is 0 Å². The van der Waals surface area contributed by atoms with Crippen molar-refractivity contribution in [2.75, 3.05) is 20.1 Å². The van der Waals surface area contributed by atoms with Crippen LogP contribution in [0.4, 0.5) is 0 Å². The van der Waals surface area contributed by atoms with Crippen molar-refractivity contribution in [3.63, 3.8) is 0 Å². The van der Waals surface area contributed by atoms with Crippen molar-refractivity contribution in [1.29, 1.82) is 0 Å². The molecule has 2 heteroatoms. The molecule has 0 radical (unpaired) electrons. The first-order chi connectivity index (χ1) is 8.71. The van der Waals surface area contributed by atoms with Gasteiger partial charge in [-0.25, -0.2) is 0 Å². The number of aliphatic hydroxyl groups is 1. The van der Waals surface area contributed by atoms with Crippen LogP contribution in [-0.4, -0.2) is 30.1 Å². The molecule has 1 aliphatic heterocycles. The summed E-state index contributed by atoms with van der Waals surface area (Å²) in [4.78, 5) is 2.45. The number of benzene rings is 1. The summed E-state index contributed by atoms with van der Waals surface area (Å²) in [5.41, 5.74) is 0.632. The van der Waals surface area contributed by atoms with Gasteiger partial charge in [0.25, 0.3) is 0 Å². The van der Waals surface area contributed by atoms with Crippen LogP contribution in [0.5, 0.6) is 0 Å². The predicted octanol–water partition coefficient (Wildman–Crippen LogP) is 2.09. The third kappa shape index (κ3) is 1.20. The van der Waals surface area contributed by atoms with Crippen molar-refractivity contribution in [3.05, 3.63) is 35.9 Å². The van der Waals surface area contributed by atoms with Gasteiger partial charge in [0.15, 0.2) is 0 Å². The molecular weight excluding hydrogens is 222 g/mol. The molecule has 2 bridgehead atoms. The van der Waals surface area contributed by atoms with Gasteiger partial charge in [-0.05, 0) is 49.1 Å². The molecule has 0 amide bonds. The quantitative estimate of drug-likeness (QED) is 0.816. The molecule has 1 aromatic rings. The van der Waals surface area contributed by atoms with Crippen LogP contribution in [0, 0.1) is 23.7 Å². The van der Waals surface area contributed by atoms with E-state index in [-0.39, 0.29) is 0 Å². The fourth-order valence-corrected chi connectivity index (χ4v) is 5.20. The van der Waals surface area contributed by atoms with E-state index in [9.17, 15) is 5.11 Å². The van der Waals surface area contributed by atoms with Crippen molar-refractivity contribution < 1.29 is 5.11 Å². The summed E-state index contributed by atoms with van der Waals surface area (Å²) in [6, 6.07) is 10.4. The normalized spacial score (nSPS) is 46.6. The average molecular weight is 243 g/mol. The Bertz CT molecular complexity index is 437. The lowest BCUT2D eigenvalue weighted by molar-refractivity contribution is -0.0244. The van der Waals surface area contributed by atoms with E-state index in [1.54, 1.807) is 0 Å². The molecule has 1 heterocycles. The molecule has 0 spiro atoms. The van der Waals surface area contributed by atoms with Gasteiger partial charge in [0, 0.05) is 13.1 Å². The Labute approximate surface area is 109 Å². The molecule has 4 rings (SSSR count). The largest absolute Gasteiger partial charge is 0.385 e. The zero-order valence-electron chi connectivity index (χ0n) is 10.9. The lowest BCUT2D eigenvalue weighted by Gasteiger charge is -2.32. The summed E-state index contributed by atoms with van der Waals surface area (Å²) < 4.78 is 0. The number of hydrogen-bond donors (Lipinski definition) is 1. The van der Waals surface area contributed by atoms with E-state index in [0.29, 0.717) is 11.8 Å². The first-order valence-corrected chi connectivity index (χ1v) is 7.17. The zero-order valence-corrected chi connectivity index (χ0v) is 10.9. The second-order valence-corrected chi connectivity index (χ2v) is 6.53. The van der Waals surface area contributed by atoms with Gasteiger partial charge < -0.3 is 10.0 Å². The first kappa shape index (κ1) is 11.0. The average Bonchev–Trinajstić information content (AvgIpc) is 2.98. The molecule has 96 valence electrons. The Balaban J connectivity index is 1.76. The molecule has 18 heavy (non-hydrogen) atoms. The second-order valence-electron chi connectivity index (χ2n) is 6.53. The molecule has 2 saturated carbocycles. The summed E-state index contributed by atoms with van der Waals surface area (Å²) in [5, 5.41) is 11.3. The van der Waals surface area contributed by atoms with Crippen LogP contribution in [0.3, 0.4) is 0 Å². The molecule has 2 nitrogen and oxygen atoms in total. The minimum absolute atomic E-state index is 0.486. The number of nitrogens with zero attached hydrogens (tertiary/aromatic N) is 1. The lowest BCUT2D eigenvalue weighted by atomic mass is 9.82. The molecule has 2 aliphatic carbocycles. The maximum atomic E-state index is 11.3. The summed E-state index contributed by atoms with van der Waals surface area (Å²) in [6.45, 7) is 2.36. The summed E-state index contributed by atoms with van der Waals surface area (Å²) >= 11 is 0. The molecule has 1 aromatic carbocycles. The molecule has 0 aromatic heterocycles. The van der Waals surface area contributed by atoms with Crippen LogP contribution in [-0.2, 0) is 5.60 Å². The monoisotopic (exact) mass is 243 g/mol. The second kappa shape index (κ2) is 3.58. The molecule has 5 atom stereocenters. The van der Waals surface area contributed by atoms with E-state index in [0.717, 1.165) is 17.4 Å². The fraction of sp³-hybridized carbons (Fsp3) is 0.625. The van der Waals surface area contributed by atoms with Gasteiger partial charge in [0.1, 0.15) is 0 Å². The number of rotatable bonds is 1. The van der Waals surface area contributed by atoms with Crippen molar-refractivity contribution in [2.24, 2.45) is 23.7 Å². The highest BCUT2D eigenvalue weighted by atomic mass is 16.3. The van der Waals surface area contributed by atoms with Crippen molar-refractivity contribution >= 4 is 0 Å². The molecule has 1 N–H and O–H groups in total. The Morgan fingerprint density at radius 1 is 1.06 bits per heavy atom. The summed E-state index contributed by atoms with van der Waals surface area (Å²) in [5.74, 6) is 2.41. The van der Waals surface area contributed by atoms with E-state index in [2.05, 4.69) is 36.2 Å². The lowest BCUT2D eigenvalue weighted by Crippen LogP contribution is -2.35. The Morgan fingerprint density at radius 3 is 2.17 bits per heavy atom. The molecule has 3 fully saturated rings. The van der Waals surface area contributed by atoms with E-state index in [1.165, 1.54) is 25.9 Å². The Morgan fingerprint density at radius 2 is 1.61 bits per heavy atom. The smallest absolute Gasteiger partial charge is 0.0959 e. The predicted molar refractivity (Wildman–Crippen MR) is 71.0 cm³/mol. The highest BCUT2D eigenvalue weighted by Crippen LogP contribution is 2.64. The van der Waals surface area contributed by atoms with Gasteiger partial charge >= 0.3 is 0 Å². The van der Waals surface area contributed by atoms with Crippen molar-refractivity contribution in [3.8, 4) is 0 Å². The molecule has 1 saturated heterocycles. The van der Waals surface area contributed by atoms with Gasteiger partial charge in [0.2, 0.25) is 0 Å². The number of likely N-dealkylation sites (tertiary alicyclic amines) is 1. The standard InChI is InChI=1S/C16H21NO/c1-17-9-12-13(10-17)15-8-7-14(12)16(15,18)11-5-3-2-4-6-11/h2-6,12-15,18H,7-10H2,1H3/t12-,13+,14+,15-,16?. The summed E-state index contributed by atoms with van der Waals surface area (Å²) in [7, 11) is 2.22. The minimum atomic E-state index is -0.530. The van der Waals surface area contributed by atoms with Gasteiger partial charge in [-0.15, -0.1) is 0 Å². The van der Waals surface area contributed by atoms with Gasteiger partial charge in [-0.1, -0.05) is 30.3 Å². The Hall–Kier alpha value is -0.860. The molecule has 3 aliphatic rings. The van der Waals surface area contributed by atoms with Crippen LogP contribution in [0.25, 0.3) is 0 Å². The van der Waals surface area contributed by atoms with Crippen molar-refractivity contribution in [1.82, 2.24) is 4.90 Å². The minimum Gasteiger partial charge on any atom is -0.385 e. The van der Waals surface area contributed by atoms with Crippen LogP contribution in [0.1, 0.15) is 18.4 Å². The van der Waals surface area contributed by atoms with E-state index >= 15 is 0 Å². The third-order valence-corrected chi connectivity index (χ3v) is 5.78. The van der Waals surface area contributed by atoms with Crippen LogP contribution in [0.15, 0.2) is 30.3 Å². The maximum absolute atomic E-state index is 11.3. The SMILES string of the molecule is CN1C[C@@H]2[C@H](C1)[C@H]1CC[C@@H]2C1(O)c1ccccc1. The molecule has 1 unspecified atom stereocenters. The van der Waals surface area contributed by atoms with Crippen LogP contribution >= 0.6 is 0 Å². The highest BCUT2D eigenvalue weighted by Gasteiger charge is 2.65. The van der Waals surface area contributed by atoms with Gasteiger partial charge in [0.05, 0.1) is 5.60 Å². The first-order valence-electron chi connectivity index (χ1n) is 7.17. The molecular formula is C16H21NO. The van der Waals surface area contributed by atoms with Gasteiger partial charge in [-0.3, -0.25) is 0 Å². The van der Waals surface area contributed by atoms with E-state index in [1.807, 2.05) is 6.07 Å². The van der Waals surface area contributed by atoms with Crippen molar-refractivity contribution in [2.45, 2.75) is 18.4 Å². The number of fused-ring (bicyclic) bond motifs is 5. The fourth-order valence-electron chi connectivity index (χ4n) is 5.20. The van der Waals surface area contributed by atoms with E-state index in [4.69, 9.17) is 0 Å². The van der Waals surface area contributed by atoms with Gasteiger partial charge in [-0.2, -0.15) is 0 Å².